The number of halogens is 1. The lowest BCUT2D eigenvalue weighted by atomic mass is 10.1. The van der Waals surface area contributed by atoms with Gasteiger partial charge in [-0.3, -0.25) is 9.79 Å². The number of carbonyl (C=O) groups excluding carboxylic acids is 1. The molecule has 6 nitrogen and oxygen atoms in total. The van der Waals surface area contributed by atoms with Crippen molar-refractivity contribution in [1.29, 1.82) is 0 Å². The van der Waals surface area contributed by atoms with Crippen LogP contribution in [0.1, 0.15) is 31.5 Å². The van der Waals surface area contributed by atoms with E-state index in [1.807, 2.05) is 38.1 Å². The van der Waals surface area contributed by atoms with Gasteiger partial charge < -0.3 is 15.5 Å². The topological polar surface area (TPSA) is 69.6 Å². The number of benzene rings is 1. The Morgan fingerprint density at radius 2 is 1.77 bits per heavy atom. The van der Waals surface area contributed by atoms with Gasteiger partial charge in [-0.15, -0.1) is 35.3 Å². The SMILES string of the molecule is CN=C(NCc1ccc(C(=O)N(C)C)cc1)NCc1sc(C)nc1C.I. The minimum atomic E-state index is 0. The maximum atomic E-state index is 11.9. The maximum absolute atomic E-state index is 11.9. The fraction of sp³-hybridized carbons (Fsp3) is 0.389. The lowest BCUT2D eigenvalue weighted by molar-refractivity contribution is 0.0827. The monoisotopic (exact) mass is 487 g/mol. The third kappa shape index (κ3) is 6.24. The van der Waals surface area contributed by atoms with Crippen molar-refractivity contribution in [1.82, 2.24) is 20.5 Å². The summed E-state index contributed by atoms with van der Waals surface area (Å²) < 4.78 is 0. The highest BCUT2D eigenvalue weighted by Gasteiger charge is 2.08. The van der Waals surface area contributed by atoms with Gasteiger partial charge in [-0.25, -0.2) is 4.98 Å². The molecule has 2 rings (SSSR count). The Balaban J connectivity index is 0.00000338. The van der Waals surface area contributed by atoms with Crippen LogP contribution in [0.25, 0.3) is 0 Å². The van der Waals surface area contributed by atoms with Crippen molar-refractivity contribution in [2.24, 2.45) is 4.99 Å². The van der Waals surface area contributed by atoms with Crippen molar-refractivity contribution in [3.8, 4) is 0 Å². The first kappa shape index (κ1) is 22.4. The number of rotatable bonds is 5. The molecule has 0 saturated heterocycles. The van der Waals surface area contributed by atoms with E-state index in [0.717, 1.165) is 22.2 Å². The van der Waals surface area contributed by atoms with Crippen molar-refractivity contribution in [3.63, 3.8) is 0 Å². The summed E-state index contributed by atoms with van der Waals surface area (Å²) in [5.74, 6) is 0.742. The number of nitrogens with zero attached hydrogens (tertiary/aromatic N) is 3. The molecule has 0 aliphatic heterocycles. The molecule has 0 bridgehead atoms. The molecule has 0 atom stereocenters. The number of aromatic nitrogens is 1. The Kier molecular flexibility index (Phi) is 9.00. The van der Waals surface area contributed by atoms with Gasteiger partial charge >= 0.3 is 0 Å². The molecule has 0 spiro atoms. The third-order valence-corrected chi connectivity index (χ3v) is 4.78. The first-order valence-corrected chi connectivity index (χ1v) is 8.90. The lowest BCUT2D eigenvalue weighted by Gasteiger charge is -2.13. The molecule has 2 aromatic rings. The second-order valence-electron chi connectivity index (χ2n) is 5.92. The molecule has 1 aromatic carbocycles. The fourth-order valence-corrected chi connectivity index (χ4v) is 3.21. The molecule has 0 fully saturated rings. The third-order valence-electron chi connectivity index (χ3n) is 3.71. The Bertz CT molecular complexity index is 755. The van der Waals surface area contributed by atoms with E-state index in [2.05, 4.69) is 20.6 Å². The smallest absolute Gasteiger partial charge is 0.253 e. The molecule has 0 aliphatic carbocycles. The van der Waals surface area contributed by atoms with Crippen LogP contribution in [0.5, 0.6) is 0 Å². The molecule has 0 aliphatic rings. The second-order valence-corrected chi connectivity index (χ2v) is 7.21. The van der Waals surface area contributed by atoms with E-state index in [1.165, 1.54) is 4.88 Å². The van der Waals surface area contributed by atoms with E-state index in [4.69, 9.17) is 0 Å². The van der Waals surface area contributed by atoms with Gasteiger partial charge in [0.1, 0.15) is 0 Å². The zero-order valence-electron chi connectivity index (χ0n) is 15.8. The maximum Gasteiger partial charge on any atom is 0.253 e. The van der Waals surface area contributed by atoms with Gasteiger partial charge in [-0.2, -0.15) is 0 Å². The predicted molar refractivity (Wildman–Crippen MR) is 119 cm³/mol. The van der Waals surface area contributed by atoms with Gasteiger partial charge in [0, 0.05) is 38.1 Å². The summed E-state index contributed by atoms with van der Waals surface area (Å²) in [5.41, 5.74) is 2.84. The molecule has 0 saturated carbocycles. The number of nitrogens with one attached hydrogen (secondary N) is 2. The summed E-state index contributed by atoms with van der Waals surface area (Å²) in [4.78, 5) is 23.4. The molecule has 1 amide bonds. The van der Waals surface area contributed by atoms with Crippen molar-refractivity contribution in [2.45, 2.75) is 26.9 Å². The minimum absolute atomic E-state index is 0. The highest BCUT2D eigenvalue weighted by molar-refractivity contribution is 14.0. The number of aliphatic imine (C=N–C) groups is 1. The minimum Gasteiger partial charge on any atom is -0.352 e. The van der Waals surface area contributed by atoms with Crippen LogP contribution in [0.4, 0.5) is 0 Å². The number of amides is 1. The number of hydrogen-bond donors (Lipinski definition) is 2. The van der Waals surface area contributed by atoms with Gasteiger partial charge in [-0.1, -0.05) is 12.1 Å². The van der Waals surface area contributed by atoms with Gasteiger partial charge in [-0.05, 0) is 31.5 Å². The van der Waals surface area contributed by atoms with E-state index in [0.29, 0.717) is 18.7 Å². The van der Waals surface area contributed by atoms with Crippen LogP contribution in [0.15, 0.2) is 29.3 Å². The van der Waals surface area contributed by atoms with E-state index in [1.54, 1.807) is 37.4 Å². The van der Waals surface area contributed by atoms with E-state index < -0.39 is 0 Å². The normalized spacial score (nSPS) is 10.9. The number of thiazole rings is 1. The number of hydrogen-bond acceptors (Lipinski definition) is 4. The van der Waals surface area contributed by atoms with Gasteiger partial charge in [0.25, 0.3) is 5.91 Å². The first-order valence-electron chi connectivity index (χ1n) is 8.08. The van der Waals surface area contributed by atoms with E-state index in [-0.39, 0.29) is 29.9 Å². The van der Waals surface area contributed by atoms with Crippen LogP contribution in [0, 0.1) is 13.8 Å². The molecular weight excluding hydrogens is 461 g/mol. The van der Waals surface area contributed by atoms with Crippen molar-refractivity contribution < 1.29 is 4.79 Å². The first-order chi connectivity index (χ1) is 11.9. The molecule has 0 radical (unpaired) electrons. The number of aryl methyl sites for hydroxylation is 2. The molecule has 8 heteroatoms. The fourth-order valence-electron chi connectivity index (χ4n) is 2.33. The van der Waals surface area contributed by atoms with E-state index >= 15 is 0 Å². The number of carbonyl (C=O) groups is 1. The Hall–Kier alpha value is -1.68. The Morgan fingerprint density at radius 3 is 2.27 bits per heavy atom. The second kappa shape index (κ2) is 10.5. The molecule has 1 heterocycles. The van der Waals surface area contributed by atoms with Crippen LogP contribution in [0.3, 0.4) is 0 Å². The largest absolute Gasteiger partial charge is 0.352 e. The zero-order chi connectivity index (χ0) is 18.4. The van der Waals surface area contributed by atoms with Crippen LogP contribution in [-0.4, -0.2) is 42.9 Å². The summed E-state index contributed by atoms with van der Waals surface area (Å²) in [6.07, 6.45) is 0. The summed E-state index contributed by atoms with van der Waals surface area (Å²) in [6.45, 7) is 5.37. The quantitative estimate of drug-likeness (QED) is 0.387. The molecule has 26 heavy (non-hydrogen) atoms. The van der Waals surface area contributed by atoms with Crippen LogP contribution in [0.2, 0.25) is 0 Å². The number of guanidine groups is 1. The molecule has 2 N–H and O–H groups in total. The summed E-state index contributed by atoms with van der Waals surface area (Å²) >= 11 is 1.70. The Morgan fingerprint density at radius 1 is 1.15 bits per heavy atom. The van der Waals surface area contributed by atoms with Gasteiger partial charge in [0.15, 0.2) is 5.96 Å². The van der Waals surface area contributed by atoms with Crippen LogP contribution >= 0.6 is 35.3 Å². The lowest BCUT2D eigenvalue weighted by Crippen LogP contribution is -2.36. The molecule has 0 unspecified atom stereocenters. The summed E-state index contributed by atoms with van der Waals surface area (Å²) in [7, 11) is 5.25. The molecular formula is C18H26IN5OS. The molecule has 142 valence electrons. The van der Waals surface area contributed by atoms with E-state index in [9.17, 15) is 4.79 Å². The van der Waals surface area contributed by atoms with Crippen molar-refractivity contribution in [3.05, 3.63) is 51.0 Å². The van der Waals surface area contributed by atoms with Crippen LogP contribution < -0.4 is 10.6 Å². The Labute approximate surface area is 176 Å². The average molecular weight is 487 g/mol. The van der Waals surface area contributed by atoms with Gasteiger partial charge in [0.2, 0.25) is 0 Å². The highest BCUT2D eigenvalue weighted by Crippen LogP contribution is 2.16. The van der Waals surface area contributed by atoms with Gasteiger partial charge in [0.05, 0.1) is 17.2 Å². The van der Waals surface area contributed by atoms with Crippen molar-refractivity contribution >= 4 is 47.2 Å². The average Bonchev–Trinajstić information content (AvgIpc) is 2.92. The van der Waals surface area contributed by atoms with Crippen molar-refractivity contribution in [2.75, 3.05) is 21.1 Å². The molecule has 1 aromatic heterocycles. The predicted octanol–water partition coefficient (Wildman–Crippen LogP) is 2.94. The van der Waals surface area contributed by atoms with Crippen LogP contribution in [-0.2, 0) is 13.1 Å². The summed E-state index contributed by atoms with van der Waals surface area (Å²) in [6, 6.07) is 7.60. The zero-order valence-corrected chi connectivity index (χ0v) is 18.9. The standard InChI is InChI=1S/C18H25N5OS.HI/c1-12-16(25-13(2)22-12)11-21-18(19-3)20-10-14-6-8-15(9-7-14)17(24)23(4)5;/h6-9H,10-11H2,1-5H3,(H2,19,20,21);1H. The highest BCUT2D eigenvalue weighted by atomic mass is 127. The summed E-state index contributed by atoms with van der Waals surface area (Å²) in [5, 5.41) is 7.66.